The topological polar surface area (TPSA) is 69.6 Å². The molecular weight excluding hydrogens is 374 g/mol. The first-order valence-corrected chi connectivity index (χ1v) is 12.6. The number of rotatable bonds is 21. The standard InChI is InChI=1S/C26H49NO3/c1-3-5-6-7-8-9-10-11-12-13-14-15-16-17-18-19-20-22-25(29)24(23-28)27-26(30)21-4-2/h16-17,20,22,24-25,28-29H,3-15,18-19,21,23H2,1-2H3,(H,27,30)/b17-16+,22-20+. The summed E-state index contributed by atoms with van der Waals surface area (Å²) in [6.07, 6.45) is 26.5. The minimum absolute atomic E-state index is 0.130. The van der Waals surface area contributed by atoms with Crippen molar-refractivity contribution in [2.75, 3.05) is 6.61 Å². The van der Waals surface area contributed by atoms with E-state index < -0.39 is 12.1 Å². The van der Waals surface area contributed by atoms with Crippen LogP contribution in [0.5, 0.6) is 0 Å². The number of carbonyl (C=O) groups is 1. The average Bonchev–Trinajstić information content (AvgIpc) is 2.74. The first-order chi connectivity index (χ1) is 14.7. The van der Waals surface area contributed by atoms with Crippen LogP contribution in [0.2, 0.25) is 0 Å². The van der Waals surface area contributed by atoms with Crippen LogP contribution < -0.4 is 5.32 Å². The Balaban J connectivity index is 3.58. The molecule has 0 saturated carbocycles. The van der Waals surface area contributed by atoms with Crippen LogP contribution in [-0.2, 0) is 4.79 Å². The minimum Gasteiger partial charge on any atom is -0.394 e. The molecule has 0 aliphatic carbocycles. The number of nitrogens with one attached hydrogen (secondary N) is 1. The molecule has 0 bridgehead atoms. The Kier molecular flexibility index (Phi) is 21.7. The first-order valence-electron chi connectivity index (χ1n) is 12.6. The second kappa shape index (κ2) is 22.6. The zero-order valence-corrected chi connectivity index (χ0v) is 19.8. The van der Waals surface area contributed by atoms with Crippen molar-refractivity contribution in [1.82, 2.24) is 5.32 Å². The predicted molar refractivity (Wildman–Crippen MR) is 129 cm³/mol. The van der Waals surface area contributed by atoms with Crippen LogP contribution in [0, 0.1) is 0 Å². The Hall–Kier alpha value is -1.13. The predicted octanol–water partition coefficient (Wildman–Crippen LogP) is 6.22. The number of amides is 1. The third-order valence-electron chi connectivity index (χ3n) is 5.41. The monoisotopic (exact) mass is 423 g/mol. The summed E-state index contributed by atoms with van der Waals surface area (Å²) in [5, 5.41) is 22.1. The summed E-state index contributed by atoms with van der Waals surface area (Å²) in [7, 11) is 0. The number of allylic oxidation sites excluding steroid dienone is 3. The molecule has 2 atom stereocenters. The SMILES string of the molecule is CCCCCCCCCCCCC/C=C/CC/C=C/C(O)C(CO)NC(=O)CCC. The van der Waals surface area contributed by atoms with E-state index in [2.05, 4.69) is 24.4 Å². The van der Waals surface area contributed by atoms with Gasteiger partial charge in [-0.1, -0.05) is 102 Å². The molecule has 4 nitrogen and oxygen atoms in total. The molecule has 3 N–H and O–H groups in total. The first kappa shape index (κ1) is 28.9. The van der Waals surface area contributed by atoms with E-state index >= 15 is 0 Å². The Bertz CT molecular complexity index is 434. The van der Waals surface area contributed by atoms with E-state index in [4.69, 9.17) is 0 Å². The highest BCUT2D eigenvalue weighted by Crippen LogP contribution is 2.12. The van der Waals surface area contributed by atoms with Crippen LogP contribution >= 0.6 is 0 Å². The van der Waals surface area contributed by atoms with Crippen LogP contribution in [-0.4, -0.2) is 34.9 Å². The van der Waals surface area contributed by atoms with Gasteiger partial charge in [-0.05, 0) is 32.1 Å². The van der Waals surface area contributed by atoms with Gasteiger partial charge in [-0.25, -0.2) is 0 Å². The molecule has 1 amide bonds. The highest BCUT2D eigenvalue weighted by Gasteiger charge is 2.17. The van der Waals surface area contributed by atoms with Gasteiger partial charge in [0.15, 0.2) is 0 Å². The molecule has 0 radical (unpaired) electrons. The molecule has 4 heteroatoms. The van der Waals surface area contributed by atoms with Crippen molar-refractivity contribution in [3.63, 3.8) is 0 Å². The van der Waals surface area contributed by atoms with Gasteiger partial charge in [0.1, 0.15) is 0 Å². The summed E-state index contributed by atoms with van der Waals surface area (Å²) in [4.78, 5) is 11.6. The molecule has 30 heavy (non-hydrogen) atoms. The van der Waals surface area contributed by atoms with Crippen molar-refractivity contribution < 1.29 is 15.0 Å². The van der Waals surface area contributed by atoms with Crippen LogP contribution in [0.1, 0.15) is 117 Å². The molecule has 2 unspecified atom stereocenters. The summed E-state index contributed by atoms with van der Waals surface area (Å²) in [6, 6.07) is -0.628. The van der Waals surface area contributed by atoms with Crippen LogP contribution in [0.25, 0.3) is 0 Å². The third kappa shape index (κ3) is 18.9. The van der Waals surface area contributed by atoms with Gasteiger partial charge in [0, 0.05) is 6.42 Å². The van der Waals surface area contributed by atoms with Crippen molar-refractivity contribution in [3.8, 4) is 0 Å². The maximum atomic E-state index is 11.6. The molecule has 0 rings (SSSR count). The quantitative estimate of drug-likeness (QED) is 0.152. The van der Waals surface area contributed by atoms with E-state index in [-0.39, 0.29) is 12.5 Å². The van der Waals surface area contributed by atoms with Gasteiger partial charge in [-0.15, -0.1) is 0 Å². The largest absolute Gasteiger partial charge is 0.394 e. The fourth-order valence-corrected chi connectivity index (χ4v) is 3.47. The number of hydrogen-bond donors (Lipinski definition) is 3. The van der Waals surface area contributed by atoms with E-state index in [0.29, 0.717) is 6.42 Å². The maximum absolute atomic E-state index is 11.6. The second-order valence-electron chi connectivity index (χ2n) is 8.40. The molecule has 0 aliphatic heterocycles. The normalized spacial score (nSPS) is 13.9. The minimum atomic E-state index is -0.851. The lowest BCUT2D eigenvalue weighted by Gasteiger charge is -2.19. The molecule has 0 aromatic heterocycles. The average molecular weight is 424 g/mol. The number of aliphatic hydroxyl groups excluding tert-OH is 2. The van der Waals surface area contributed by atoms with Gasteiger partial charge >= 0.3 is 0 Å². The van der Waals surface area contributed by atoms with Gasteiger partial charge in [-0.2, -0.15) is 0 Å². The molecule has 176 valence electrons. The van der Waals surface area contributed by atoms with Crippen LogP contribution in [0.15, 0.2) is 24.3 Å². The van der Waals surface area contributed by atoms with Crippen LogP contribution in [0.3, 0.4) is 0 Å². The van der Waals surface area contributed by atoms with Gasteiger partial charge in [0.05, 0.1) is 18.8 Å². The lowest BCUT2D eigenvalue weighted by atomic mass is 10.1. The Morgan fingerprint density at radius 3 is 1.87 bits per heavy atom. The number of aliphatic hydroxyl groups is 2. The van der Waals surface area contributed by atoms with E-state index in [1.807, 2.05) is 13.0 Å². The Morgan fingerprint density at radius 2 is 1.30 bits per heavy atom. The highest BCUT2D eigenvalue weighted by molar-refractivity contribution is 5.76. The van der Waals surface area contributed by atoms with Gasteiger partial charge in [0.2, 0.25) is 5.91 Å². The molecule has 0 aromatic rings. The number of carbonyl (C=O) groups excluding carboxylic acids is 1. The molecule has 0 spiro atoms. The summed E-state index contributed by atoms with van der Waals surface area (Å²) >= 11 is 0. The van der Waals surface area contributed by atoms with Gasteiger partial charge in [0.25, 0.3) is 0 Å². The highest BCUT2D eigenvalue weighted by atomic mass is 16.3. The third-order valence-corrected chi connectivity index (χ3v) is 5.41. The van der Waals surface area contributed by atoms with Gasteiger partial charge in [-0.3, -0.25) is 4.79 Å². The summed E-state index contributed by atoms with van der Waals surface area (Å²) in [5.74, 6) is -0.130. The molecule has 0 aliphatic rings. The van der Waals surface area contributed by atoms with Crippen molar-refractivity contribution in [2.24, 2.45) is 0 Å². The number of hydrogen-bond acceptors (Lipinski definition) is 3. The molecule has 0 aromatic carbocycles. The smallest absolute Gasteiger partial charge is 0.220 e. The molecule has 0 saturated heterocycles. The summed E-state index contributed by atoms with van der Waals surface area (Å²) < 4.78 is 0. The van der Waals surface area contributed by atoms with Crippen molar-refractivity contribution in [1.29, 1.82) is 0 Å². The van der Waals surface area contributed by atoms with Crippen molar-refractivity contribution in [3.05, 3.63) is 24.3 Å². The van der Waals surface area contributed by atoms with Crippen molar-refractivity contribution in [2.45, 2.75) is 129 Å². The lowest BCUT2D eigenvalue weighted by Crippen LogP contribution is -2.45. The van der Waals surface area contributed by atoms with Gasteiger partial charge < -0.3 is 15.5 Å². The van der Waals surface area contributed by atoms with Crippen molar-refractivity contribution >= 4 is 5.91 Å². The Labute approximate surface area is 186 Å². The maximum Gasteiger partial charge on any atom is 0.220 e. The fourth-order valence-electron chi connectivity index (χ4n) is 3.47. The lowest BCUT2D eigenvalue weighted by molar-refractivity contribution is -0.122. The summed E-state index contributed by atoms with van der Waals surface area (Å²) in [6.45, 7) is 3.93. The zero-order chi connectivity index (χ0) is 22.3. The summed E-state index contributed by atoms with van der Waals surface area (Å²) in [5.41, 5.74) is 0. The van der Waals surface area contributed by atoms with E-state index in [1.54, 1.807) is 6.08 Å². The van der Waals surface area contributed by atoms with Crippen LogP contribution in [0.4, 0.5) is 0 Å². The van der Waals surface area contributed by atoms with E-state index in [1.165, 1.54) is 70.6 Å². The zero-order valence-electron chi connectivity index (χ0n) is 19.8. The fraction of sp³-hybridized carbons (Fsp3) is 0.808. The molecule has 0 fully saturated rings. The second-order valence-corrected chi connectivity index (χ2v) is 8.40. The van der Waals surface area contributed by atoms with E-state index in [0.717, 1.165) is 25.7 Å². The molecular formula is C26H49NO3. The Morgan fingerprint density at radius 1 is 0.767 bits per heavy atom. The molecule has 0 heterocycles. The number of unbranched alkanes of at least 4 members (excludes halogenated alkanes) is 12. The van der Waals surface area contributed by atoms with E-state index in [9.17, 15) is 15.0 Å².